The number of carbonyl (C=O) groups is 2. The summed E-state index contributed by atoms with van der Waals surface area (Å²) in [6.45, 7) is 6.82. The van der Waals surface area contributed by atoms with Gasteiger partial charge in [-0.05, 0) is 5.92 Å². The van der Waals surface area contributed by atoms with Gasteiger partial charge in [0.2, 0.25) is 5.91 Å². The highest BCUT2D eigenvalue weighted by Crippen LogP contribution is 2.06. The van der Waals surface area contributed by atoms with Gasteiger partial charge in [0, 0.05) is 20.2 Å². The van der Waals surface area contributed by atoms with Crippen molar-refractivity contribution in [3.05, 3.63) is 0 Å². The van der Waals surface area contributed by atoms with Crippen molar-refractivity contribution in [3.8, 4) is 0 Å². The molecule has 0 heterocycles. The summed E-state index contributed by atoms with van der Waals surface area (Å²) >= 11 is 0. The van der Waals surface area contributed by atoms with Crippen LogP contribution in [0.2, 0.25) is 0 Å². The quantitative estimate of drug-likeness (QED) is 0.626. The van der Waals surface area contributed by atoms with Gasteiger partial charge < -0.3 is 14.4 Å². The topological polar surface area (TPSA) is 55.8 Å². The normalized spacial score (nSPS) is 12.4. The molecule has 5 heteroatoms. The van der Waals surface area contributed by atoms with E-state index in [0.29, 0.717) is 19.0 Å². The maximum atomic E-state index is 11.8. The zero-order chi connectivity index (χ0) is 13.4. The number of methoxy groups -OCH3 is 2. The van der Waals surface area contributed by atoms with Crippen molar-refractivity contribution in [2.75, 3.05) is 33.9 Å². The maximum Gasteiger partial charge on any atom is 0.310 e. The molecular formula is C12H23NO4. The molecule has 0 aromatic rings. The van der Waals surface area contributed by atoms with Crippen LogP contribution in [-0.2, 0) is 19.1 Å². The Morgan fingerprint density at radius 2 is 1.71 bits per heavy atom. The molecule has 0 fully saturated rings. The van der Waals surface area contributed by atoms with E-state index in [1.165, 1.54) is 14.2 Å². The van der Waals surface area contributed by atoms with E-state index in [1.54, 1.807) is 11.8 Å². The van der Waals surface area contributed by atoms with E-state index in [2.05, 4.69) is 4.74 Å². The van der Waals surface area contributed by atoms with Gasteiger partial charge in [-0.3, -0.25) is 9.59 Å². The molecule has 0 saturated heterocycles. The predicted molar refractivity (Wildman–Crippen MR) is 64.5 cm³/mol. The predicted octanol–water partition coefficient (Wildman–Crippen LogP) is 0.926. The van der Waals surface area contributed by atoms with Crippen LogP contribution < -0.4 is 0 Å². The average Bonchev–Trinajstić information content (AvgIpc) is 2.26. The second-order valence-electron chi connectivity index (χ2n) is 4.55. The Hall–Kier alpha value is -1.10. The smallest absolute Gasteiger partial charge is 0.310 e. The van der Waals surface area contributed by atoms with E-state index < -0.39 is 0 Å². The summed E-state index contributed by atoms with van der Waals surface area (Å²) in [5.74, 6) is -0.374. The molecule has 0 aromatic heterocycles. The highest BCUT2D eigenvalue weighted by atomic mass is 16.5. The molecule has 1 atom stereocenters. The van der Waals surface area contributed by atoms with Crippen molar-refractivity contribution in [2.45, 2.75) is 20.8 Å². The number of ether oxygens (including phenoxy) is 2. The van der Waals surface area contributed by atoms with Crippen LogP contribution in [0, 0.1) is 11.8 Å². The van der Waals surface area contributed by atoms with Crippen molar-refractivity contribution in [1.82, 2.24) is 4.90 Å². The molecule has 0 aliphatic heterocycles. The summed E-state index contributed by atoms with van der Waals surface area (Å²) in [7, 11) is 2.83. The van der Waals surface area contributed by atoms with Crippen LogP contribution in [0.25, 0.3) is 0 Å². The third-order valence-electron chi connectivity index (χ3n) is 2.30. The van der Waals surface area contributed by atoms with Crippen LogP contribution in [0.5, 0.6) is 0 Å². The summed E-state index contributed by atoms with van der Waals surface area (Å²) < 4.78 is 9.48. The van der Waals surface area contributed by atoms with Gasteiger partial charge in [-0.25, -0.2) is 0 Å². The first-order valence-electron chi connectivity index (χ1n) is 5.76. The monoisotopic (exact) mass is 245 g/mol. The van der Waals surface area contributed by atoms with Crippen LogP contribution in [-0.4, -0.2) is 50.7 Å². The number of esters is 1. The van der Waals surface area contributed by atoms with E-state index in [-0.39, 0.29) is 24.4 Å². The lowest BCUT2D eigenvalue weighted by molar-refractivity contribution is -0.147. The van der Waals surface area contributed by atoms with Gasteiger partial charge in [-0.15, -0.1) is 0 Å². The number of nitrogens with zero attached hydrogens (tertiary/aromatic N) is 1. The molecule has 0 aliphatic carbocycles. The van der Waals surface area contributed by atoms with Gasteiger partial charge in [-0.2, -0.15) is 0 Å². The number of rotatable bonds is 7. The van der Waals surface area contributed by atoms with Crippen molar-refractivity contribution in [3.63, 3.8) is 0 Å². The second kappa shape index (κ2) is 8.06. The minimum atomic E-state index is -0.320. The molecule has 100 valence electrons. The number of hydrogen-bond acceptors (Lipinski definition) is 4. The lowest BCUT2D eigenvalue weighted by Crippen LogP contribution is -2.41. The summed E-state index contributed by atoms with van der Waals surface area (Å²) in [5, 5.41) is 0. The van der Waals surface area contributed by atoms with Gasteiger partial charge >= 0.3 is 5.97 Å². The summed E-state index contributed by atoms with van der Waals surface area (Å²) in [6.07, 6.45) is 0. The van der Waals surface area contributed by atoms with Crippen molar-refractivity contribution < 1.29 is 19.1 Å². The summed E-state index contributed by atoms with van der Waals surface area (Å²) in [4.78, 5) is 24.7. The van der Waals surface area contributed by atoms with Crippen LogP contribution >= 0.6 is 0 Å². The highest BCUT2D eigenvalue weighted by molar-refractivity contribution is 5.78. The molecule has 0 rings (SSSR count). The Morgan fingerprint density at radius 3 is 2.12 bits per heavy atom. The molecule has 0 spiro atoms. The summed E-state index contributed by atoms with van der Waals surface area (Å²) in [6, 6.07) is 0. The van der Waals surface area contributed by atoms with E-state index in [1.807, 2.05) is 13.8 Å². The molecule has 5 nitrogen and oxygen atoms in total. The fourth-order valence-electron chi connectivity index (χ4n) is 1.54. The standard InChI is InChI=1S/C12H23NO4/c1-9(2)6-13(11(14)8-16-4)7-10(3)12(15)17-5/h9-10H,6-8H2,1-5H3. The van der Waals surface area contributed by atoms with E-state index in [9.17, 15) is 9.59 Å². The first kappa shape index (κ1) is 15.9. The largest absolute Gasteiger partial charge is 0.469 e. The maximum absolute atomic E-state index is 11.8. The van der Waals surface area contributed by atoms with Crippen molar-refractivity contribution in [2.24, 2.45) is 11.8 Å². The third kappa shape index (κ3) is 6.26. The minimum absolute atomic E-state index is 0.0423. The lowest BCUT2D eigenvalue weighted by Gasteiger charge is -2.26. The number of amides is 1. The molecule has 1 amide bonds. The lowest BCUT2D eigenvalue weighted by atomic mass is 10.1. The molecule has 0 radical (unpaired) electrons. The number of carbonyl (C=O) groups excluding carboxylic acids is 2. The van der Waals surface area contributed by atoms with Gasteiger partial charge in [-0.1, -0.05) is 20.8 Å². The highest BCUT2D eigenvalue weighted by Gasteiger charge is 2.21. The Bertz CT molecular complexity index is 253. The van der Waals surface area contributed by atoms with Crippen molar-refractivity contribution >= 4 is 11.9 Å². The first-order chi connectivity index (χ1) is 7.92. The molecule has 0 bridgehead atoms. The molecule has 0 saturated carbocycles. The summed E-state index contributed by atoms with van der Waals surface area (Å²) in [5.41, 5.74) is 0. The third-order valence-corrected chi connectivity index (χ3v) is 2.30. The molecular weight excluding hydrogens is 222 g/mol. The molecule has 0 aromatic carbocycles. The van der Waals surface area contributed by atoms with Gasteiger partial charge in [0.25, 0.3) is 0 Å². The Labute approximate surface area is 103 Å². The average molecular weight is 245 g/mol. The van der Waals surface area contributed by atoms with Crippen molar-refractivity contribution in [1.29, 1.82) is 0 Å². The van der Waals surface area contributed by atoms with E-state index >= 15 is 0 Å². The van der Waals surface area contributed by atoms with Gasteiger partial charge in [0.15, 0.2) is 0 Å². The molecule has 17 heavy (non-hydrogen) atoms. The SMILES string of the molecule is COCC(=O)N(CC(C)C)CC(C)C(=O)OC. The van der Waals surface area contributed by atoms with Gasteiger partial charge in [0.1, 0.15) is 6.61 Å². The Kier molecular flexibility index (Phi) is 7.54. The zero-order valence-corrected chi connectivity index (χ0v) is 11.4. The van der Waals surface area contributed by atoms with Crippen LogP contribution in [0.3, 0.4) is 0 Å². The fraction of sp³-hybridized carbons (Fsp3) is 0.833. The van der Waals surface area contributed by atoms with Crippen LogP contribution in [0.15, 0.2) is 0 Å². The van der Waals surface area contributed by atoms with Crippen LogP contribution in [0.1, 0.15) is 20.8 Å². The number of hydrogen-bond donors (Lipinski definition) is 0. The van der Waals surface area contributed by atoms with Crippen LogP contribution in [0.4, 0.5) is 0 Å². The minimum Gasteiger partial charge on any atom is -0.469 e. The molecule has 1 unspecified atom stereocenters. The van der Waals surface area contributed by atoms with E-state index in [4.69, 9.17) is 4.74 Å². The second-order valence-corrected chi connectivity index (χ2v) is 4.55. The molecule has 0 aliphatic rings. The zero-order valence-electron chi connectivity index (χ0n) is 11.4. The van der Waals surface area contributed by atoms with E-state index in [0.717, 1.165) is 0 Å². The fourth-order valence-corrected chi connectivity index (χ4v) is 1.54. The van der Waals surface area contributed by atoms with Gasteiger partial charge in [0.05, 0.1) is 13.0 Å². The Balaban J connectivity index is 4.47. The Morgan fingerprint density at radius 1 is 1.12 bits per heavy atom. The first-order valence-corrected chi connectivity index (χ1v) is 5.76. The molecule has 0 N–H and O–H groups in total.